The molecule has 4 aromatic heterocycles. The number of carbonyl (C=O) groups is 2. The van der Waals surface area contributed by atoms with Crippen LogP contribution in [0.15, 0.2) is 97.7 Å². The van der Waals surface area contributed by atoms with E-state index < -0.39 is 23.7 Å². The summed E-state index contributed by atoms with van der Waals surface area (Å²) in [6.45, 7) is 0. The fourth-order valence-corrected chi connectivity index (χ4v) is 3.65. The monoisotopic (exact) mass is 529 g/mol. The van der Waals surface area contributed by atoms with E-state index in [4.69, 9.17) is 0 Å². The largest absolute Gasteiger partial charge is 0.433 e. The number of nitrogens with one attached hydrogen (secondary N) is 2. The quantitative estimate of drug-likeness (QED) is 0.311. The van der Waals surface area contributed by atoms with Crippen molar-refractivity contribution in [1.82, 2.24) is 24.7 Å². The number of rotatable bonds is 6. The Kier molecular flexibility index (Phi) is 6.83. The maximum atomic E-state index is 13.7. The Morgan fingerprint density at radius 1 is 0.769 bits per heavy atom. The lowest BCUT2D eigenvalue weighted by Gasteiger charge is -2.11. The van der Waals surface area contributed by atoms with Gasteiger partial charge >= 0.3 is 6.18 Å². The smallest absolute Gasteiger partial charge is 0.322 e. The summed E-state index contributed by atoms with van der Waals surface area (Å²) in [4.78, 5) is 37.2. The third-order valence-corrected chi connectivity index (χ3v) is 5.52. The molecule has 12 heteroatoms. The number of hydrogen-bond donors (Lipinski definition) is 2. The molecule has 0 aliphatic carbocycles. The summed E-state index contributed by atoms with van der Waals surface area (Å²) >= 11 is 0. The van der Waals surface area contributed by atoms with Crippen molar-refractivity contribution in [3.63, 3.8) is 0 Å². The van der Waals surface area contributed by atoms with Gasteiger partial charge in [0, 0.05) is 47.2 Å². The molecule has 2 N–H and O–H groups in total. The molecule has 194 valence electrons. The summed E-state index contributed by atoms with van der Waals surface area (Å²) in [5.74, 6) is -0.866. The van der Waals surface area contributed by atoms with Gasteiger partial charge < -0.3 is 10.6 Å². The van der Waals surface area contributed by atoms with Gasteiger partial charge in [-0.3, -0.25) is 19.6 Å². The summed E-state index contributed by atoms with van der Waals surface area (Å²) < 4.78 is 41.9. The fourth-order valence-electron chi connectivity index (χ4n) is 3.65. The molecule has 0 saturated heterocycles. The molecule has 0 radical (unpaired) electrons. The highest BCUT2D eigenvalue weighted by Crippen LogP contribution is 2.34. The van der Waals surface area contributed by atoms with Crippen molar-refractivity contribution in [2.24, 2.45) is 0 Å². The summed E-state index contributed by atoms with van der Waals surface area (Å²) in [5.41, 5.74) is 0.580. The molecule has 0 aliphatic rings. The van der Waals surface area contributed by atoms with Crippen molar-refractivity contribution < 1.29 is 22.8 Å². The predicted octanol–water partition coefficient (Wildman–Crippen LogP) is 5.25. The van der Waals surface area contributed by atoms with E-state index in [1.165, 1.54) is 55.2 Å². The summed E-state index contributed by atoms with van der Waals surface area (Å²) in [6, 6.07) is 16.2. The molecule has 9 nitrogen and oxygen atoms in total. The Balaban J connectivity index is 1.33. The number of carbonyl (C=O) groups excluding carboxylic acids is 2. The van der Waals surface area contributed by atoms with Crippen LogP contribution in [-0.2, 0) is 6.18 Å². The fraction of sp³-hybridized carbons (Fsp3) is 0.0370. The van der Waals surface area contributed by atoms with Crippen molar-refractivity contribution in [2.75, 3.05) is 10.6 Å². The van der Waals surface area contributed by atoms with E-state index in [1.54, 1.807) is 36.4 Å². The highest BCUT2D eigenvalue weighted by molar-refractivity contribution is 6.08. The number of amides is 2. The van der Waals surface area contributed by atoms with E-state index in [0.29, 0.717) is 11.3 Å². The molecule has 1 aromatic carbocycles. The topological polar surface area (TPSA) is 115 Å². The molecule has 0 fully saturated rings. The zero-order valence-corrected chi connectivity index (χ0v) is 19.9. The Morgan fingerprint density at radius 2 is 1.51 bits per heavy atom. The van der Waals surface area contributed by atoms with Crippen molar-refractivity contribution in [2.45, 2.75) is 6.18 Å². The van der Waals surface area contributed by atoms with Gasteiger partial charge in [-0.25, -0.2) is 9.67 Å². The molecular weight excluding hydrogens is 511 g/mol. The Bertz CT molecular complexity index is 1620. The normalized spacial score (nSPS) is 11.2. The van der Waals surface area contributed by atoms with Crippen molar-refractivity contribution >= 4 is 23.3 Å². The lowest BCUT2D eigenvalue weighted by molar-refractivity contribution is -0.142. The first kappa shape index (κ1) is 25.3. The molecule has 4 heterocycles. The number of pyridine rings is 3. The molecule has 0 atom stereocenters. The van der Waals surface area contributed by atoms with Gasteiger partial charge in [0.15, 0.2) is 0 Å². The van der Waals surface area contributed by atoms with Crippen molar-refractivity contribution in [3.8, 4) is 16.9 Å². The van der Waals surface area contributed by atoms with Crippen LogP contribution in [0, 0.1) is 0 Å². The lowest BCUT2D eigenvalue weighted by Crippen LogP contribution is -2.16. The SMILES string of the molecule is O=C(Nc1ccncc1)c1cccc(C(=O)Nc2ccc(-n3nc(-c4cccnc4)cc3C(F)(F)F)cn2)c1. The van der Waals surface area contributed by atoms with Crippen LogP contribution in [0.25, 0.3) is 16.9 Å². The minimum Gasteiger partial charge on any atom is -0.322 e. The zero-order chi connectivity index (χ0) is 27.4. The number of anilines is 2. The van der Waals surface area contributed by atoms with E-state index in [0.717, 1.165) is 10.7 Å². The van der Waals surface area contributed by atoms with Crippen LogP contribution in [0.3, 0.4) is 0 Å². The van der Waals surface area contributed by atoms with Gasteiger partial charge in [0.2, 0.25) is 0 Å². The molecule has 0 unspecified atom stereocenters. The summed E-state index contributed by atoms with van der Waals surface area (Å²) in [7, 11) is 0. The van der Waals surface area contributed by atoms with Crippen molar-refractivity contribution in [3.05, 3.63) is 115 Å². The molecular formula is C27H18F3N7O2. The van der Waals surface area contributed by atoms with Gasteiger partial charge in [0.25, 0.3) is 11.8 Å². The Labute approximate surface area is 219 Å². The third kappa shape index (κ3) is 5.80. The maximum Gasteiger partial charge on any atom is 0.433 e. The first-order valence-electron chi connectivity index (χ1n) is 11.4. The van der Waals surface area contributed by atoms with E-state index in [2.05, 4.69) is 30.7 Å². The van der Waals surface area contributed by atoms with Crippen LogP contribution in [0.1, 0.15) is 26.4 Å². The number of benzene rings is 1. The van der Waals surface area contributed by atoms with Crippen LogP contribution < -0.4 is 10.6 Å². The second kappa shape index (κ2) is 10.5. The third-order valence-electron chi connectivity index (χ3n) is 5.52. The number of aromatic nitrogens is 5. The van der Waals surface area contributed by atoms with Crippen molar-refractivity contribution in [1.29, 1.82) is 0 Å². The maximum absolute atomic E-state index is 13.7. The summed E-state index contributed by atoms with van der Waals surface area (Å²) in [5, 5.41) is 9.39. The zero-order valence-electron chi connectivity index (χ0n) is 19.9. The molecule has 0 spiro atoms. The van der Waals surface area contributed by atoms with Gasteiger partial charge in [-0.05, 0) is 60.7 Å². The summed E-state index contributed by atoms with van der Waals surface area (Å²) in [6.07, 6.45) is 2.50. The first-order valence-corrected chi connectivity index (χ1v) is 11.4. The molecule has 0 bridgehead atoms. The van der Waals surface area contributed by atoms with E-state index in [9.17, 15) is 22.8 Å². The highest BCUT2D eigenvalue weighted by Gasteiger charge is 2.36. The molecule has 39 heavy (non-hydrogen) atoms. The number of hydrogen-bond acceptors (Lipinski definition) is 6. The standard InChI is InChI=1S/C27H18F3N7O2/c28-27(29,30)23-14-22(19-5-2-10-32-15-19)36-37(23)21-6-7-24(33-16-21)35-26(39)18-4-1-3-17(13-18)25(38)34-20-8-11-31-12-9-20/h1-16H,(H,31,34,38)(H,33,35,39). The van der Waals surface area contributed by atoms with Crippen LogP contribution in [-0.4, -0.2) is 36.5 Å². The van der Waals surface area contributed by atoms with Gasteiger partial charge in [0.1, 0.15) is 11.5 Å². The number of alkyl halides is 3. The number of halogens is 3. The average molecular weight is 529 g/mol. The lowest BCUT2D eigenvalue weighted by atomic mass is 10.1. The predicted molar refractivity (Wildman–Crippen MR) is 136 cm³/mol. The van der Waals surface area contributed by atoms with Gasteiger partial charge in [-0.15, -0.1) is 0 Å². The second-order valence-electron chi connectivity index (χ2n) is 8.19. The van der Waals surface area contributed by atoms with Gasteiger partial charge in [-0.1, -0.05) is 6.07 Å². The van der Waals surface area contributed by atoms with Crippen LogP contribution in [0.4, 0.5) is 24.7 Å². The second-order valence-corrected chi connectivity index (χ2v) is 8.19. The molecule has 0 saturated carbocycles. The Morgan fingerprint density at radius 3 is 2.15 bits per heavy atom. The highest BCUT2D eigenvalue weighted by atomic mass is 19.4. The van der Waals surface area contributed by atoms with E-state index >= 15 is 0 Å². The van der Waals surface area contributed by atoms with E-state index in [1.807, 2.05) is 0 Å². The van der Waals surface area contributed by atoms with Crippen LogP contribution >= 0.6 is 0 Å². The van der Waals surface area contributed by atoms with Gasteiger partial charge in [0.05, 0.1) is 17.6 Å². The minimum atomic E-state index is -4.67. The van der Waals surface area contributed by atoms with Gasteiger partial charge in [-0.2, -0.15) is 18.3 Å². The minimum absolute atomic E-state index is 0.0465. The molecule has 0 aliphatic heterocycles. The van der Waals surface area contributed by atoms with Crippen LogP contribution in [0.5, 0.6) is 0 Å². The van der Waals surface area contributed by atoms with E-state index in [-0.39, 0.29) is 28.3 Å². The Hall–Kier alpha value is -5.39. The average Bonchev–Trinajstić information content (AvgIpc) is 3.41. The number of nitrogens with zero attached hydrogens (tertiary/aromatic N) is 5. The van der Waals surface area contributed by atoms with Crippen LogP contribution in [0.2, 0.25) is 0 Å². The molecule has 5 rings (SSSR count). The molecule has 5 aromatic rings. The molecule has 2 amide bonds. The first-order chi connectivity index (χ1) is 18.8.